The molecule has 1 aromatic heterocycles. The Balaban J connectivity index is 1.61. The maximum atomic E-state index is 13.8. The molecule has 2 heterocycles. The van der Waals surface area contributed by atoms with Gasteiger partial charge in [0, 0.05) is 36.3 Å². The van der Waals surface area contributed by atoms with Crippen LogP contribution >= 0.6 is 0 Å². The number of nitrogens with zero attached hydrogens (tertiary/aromatic N) is 4. The summed E-state index contributed by atoms with van der Waals surface area (Å²) in [5.41, 5.74) is -0.493. The Morgan fingerprint density at radius 3 is 2.25 bits per heavy atom. The van der Waals surface area contributed by atoms with E-state index in [-0.39, 0.29) is 30.0 Å². The average Bonchev–Trinajstić information content (AvgIpc) is 3.04. The highest BCUT2D eigenvalue weighted by Gasteiger charge is 2.43. The molecular weight excluding hydrogens is 662 g/mol. The van der Waals surface area contributed by atoms with E-state index in [0.29, 0.717) is 22.0 Å². The van der Waals surface area contributed by atoms with Crippen LogP contribution in [0, 0.1) is 11.3 Å². The number of fused-ring (bicyclic) bond motifs is 1. The average molecular weight is 704 g/mol. The number of nitriles is 1. The van der Waals surface area contributed by atoms with Crippen LogP contribution in [0.5, 0.6) is 5.88 Å². The number of amides is 4. The van der Waals surface area contributed by atoms with E-state index in [1.807, 2.05) is 12.1 Å². The molecule has 1 aliphatic heterocycles. The number of carbonyl (C=O) groups is 5. The normalized spacial score (nSPS) is 15.3. The summed E-state index contributed by atoms with van der Waals surface area (Å²) in [4.78, 5) is 72.5. The van der Waals surface area contributed by atoms with Crippen molar-refractivity contribution in [2.24, 2.45) is 0 Å². The first-order valence-corrected chi connectivity index (χ1v) is 16.0. The molecule has 0 radical (unpaired) electrons. The van der Waals surface area contributed by atoms with Crippen LogP contribution < -0.4 is 15.0 Å². The van der Waals surface area contributed by atoms with Crippen LogP contribution in [-0.4, -0.2) is 83.5 Å². The number of morpholine rings is 1. The summed E-state index contributed by atoms with van der Waals surface area (Å²) >= 11 is 0. The van der Waals surface area contributed by atoms with Gasteiger partial charge in [0.1, 0.15) is 11.2 Å². The zero-order chi connectivity index (χ0) is 37.7. The molecule has 3 aromatic rings. The molecular formula is C36H41N5O10. The van der Waals surface area contributed by atoms with E-state index >= 15 is 0 Å². The number of hydrogen-bond acceptors (Lipinski definition) is 12. The second-order valence-corrected chi connectivity index (χ2v) is 13.6. The van der Waals surface area contributed by atoms with Crippen LogP contribution in [0.4, 0.5) is 21.0 Å². The third kappa shape index (κ3) is 9.92. The highest BCUT2D eigenvalue weighted by Crippen LogP contribution is 2.27. The van der Waals surface area contributed by atoms with E-state index in [9.17, 15) is 29.2 Å². The van der Waals surface area contributed by atoms with Crippen molar-refractivity contribution in [3.63, 3.8) is 0 Å². The Labute approximate surface area is 295 Å². The van der Waals surface area contributed by atoms with E-state index in [0.717, 1.165) is 12.3 Å². The lowest BCUT2D eigenvalue weighted by molar-refractivity contribution is -0.167. The third-order valence-corrected chi connectivity index (χ3v) is 7.17. The molecule has 4 amide bonds. The Morgan fingerprint density at radius 2 is 1.67 bits per heavy atom. The van der Waals surface area contributed by atoms with E-state index in [1.54, 1.807) is 65.8 Å². The number of carbonyl (C=O) groups excluding carboxylic acids is 5. The fraction of sp³-hybridized carbons (Fsp3) is 0.417. The van der Waals surface area contributed by atoms with Gasteiger partial charge in [-0.2, -0.15) is 5.26 Å². The van der Waals surface area contributed by atoms with Crippen molar-refractivity contribution < 1.29 is 47.7 Å². The number of nitrogens with one attached hydrogen (secondary N) is 1. The van der Waals surface area contributed by atoms with Crippen molar-refractivity contribution in [3.05, 3.63) is 59.7 Å². The van der Waals surface area contributed by atoms with Crippen LogP contribution in [0.25, 0.3) is 10.9 Å². The second kappa shape index (κ2) is 15.4. The minimum absolute atomic E-state index is 0.0250. The number of aromatic nitrogens is 1. The summed E-state index contributed by atoms with van der Waals surface area (Å²) in [5, 5.41) is 13.3. The maximum Gasteiger partial charge on any atom is 0.420 e. The monoisotopic (exact) mass is 703 g/mol. The number of benzene rings is 2. The molecule has 2 atom stereocenters. The molecule has 51 heavy (non-hydrogen) atoms. The number of pyridine rings is 1. The SMILES string of the molecule is COc1ccc2ccc(N3CCO[C@H]([C@@H](OC(C)=O)C(=O)Nc4ccc(C#N)c(CN(C(=O)OC(C)(C)C)C(=O)OC(C)(C)C)c4)C3=O)cc2n1. The third-order valence-electron chi connectivity index (χ3n) is 7.17. The Morgan fingerprint density at radius 1 is 1.02 bits per heavy atom. The number of ether oxygens (including phenoxy) is 5. The quantitative estimate of drug-likeness (QED) is 0.242. The van der Waals surface area contributed by atoms with E-state index in [2.05, 4.69) is 10.3 Å². The van der Waals surface area contributed by atoms with Crippen molar-refractivity contribution in [2.45, 2.75) is 78.4 Å². The molecule has 1 fully saturated rings. The Bertz CT molecular complexity index is 1850. The molecule has 0 saturated carbocycles. The van der Waals surface area contributed by atoms with Crippen molar-refractivity contribution in [1.29, 1.82) is 5.26 Å². The fourth-order valence-corrected chi connectivity index (χ4v) is 5.01. The van der Waals surface area contributed by atoms with Crippen LogP contribution in [0.2, 0.25) is 0 Å². The van der Waals surface area contributed by atoms with Crippen LogP contribution in [0.3, 0.4) is 0 Å². The van der Waals surface area contributed by atoms with Gasteiger partial charge in [-0.15, -0.1) is 0 Å². The van der Waals surface area contributed by atoms with Crippen molar-refractivity contribution in [1.82, 2.24) is 9.88 Å². The van der Waals surface area contributed by atoms with E-state index in [4.69, 9.17) is 23.7 Å². The van der Waals surface area contributed by atoms with Crippen LogP contribution in [0.15, 0.2) is 48.5 Å². The summed E-state index contributed by atoms with van der Waals surface area (Å²) < 4.78 is 27.1. The zero-order valence-corrected chi connectivity index (χ0v) is 29.8. The minimum Gasteiger partial charge on any atom is -0.481 e. The predicted octanol–water partition coefficient (Wildman–Crippen LogP) is 5.09. The van der Waals surface area contributed by atoms with Gasteiger partial charge in [-0.1, -0.05) is 6.07 Å². The highest BCUT2D eigenvalue weighted by molar-refractivity contribution is 6.05. The van der Waals surface area contributed by atoms with E-state index < -0.39 is 59.9 Å². The number of hydrogen-bond donors (Lipinski definition) is 1. The minimum atomic E-state index is -1.71. The largest absolute Gasteiger partial charge is 0.481 e. The molecule has 0 unspecified atom stereocenters. The summed E-state index contributed by atoms with van der Waals surface area (Å²) in [6.07, 6.45) is -5.24. The number of methoxy groups -OCH3 is 1. The van der Waals surface area contributed by atoms with Gasteiger partial charge in [-0.3, -0.25) is 14.4 Å². The summed E-state index contributed by atoms with van der Waals surface area (Å²) in [6.45, 7) is 10.6. The molecule has 4 rings (SSSR count). The Kier molecular flexibility index (Phi) is 11.5. The Hall–Kier alpha value is -5.75. The molecule has 270 valence electrons. The van der Waals surface area contributed by atoms with Gasteiger partial charge in [0.25, 0.3) is 11.8 Å². The summed E-state index contributed by atoms with van der Waals surface area (Å²) in [7, 11) is 1.50. The van der Waals surface area contributed by atoms with Crippen molar-refractivity contribution >= 4 is 52.2 Å². The van der Waals surface area contributed by atoms with Crippen molar-refractivity contribution in [2.75, 3.05) is 30.5 Å². The van der Waals surface area contributed by atoms with Gasteiger partial charge in [-0.25, -0.2) is 19.5 Å². The first kappa shape index (κ1) is 38.1. The number of imide groups is 1. The topological polar surface area (TPSA) is 187 Å². The predicted molar refractivity (Wildman–Crippen MR) is 184 cm³/mol. The molecule has 1 saturated heterocycles. The fourth-order valence-electron chi connectivity index (χ4n) is 5.01. The molecule has 0 bridgehead atoms. The lowest BCUT2D eigenvalue weighted by atomic mass is 10.1. The standard InChI is InChI=1S/C36H41N5O10/c1-21(42)49-29(30-32(44)40(15-16-48-30)26-13-10-22-11-14-28(47-8)39-27(22)18-26)31(43)38-25-12-9-23(19-37)24(17-25)20-41(33(45)50-35(2,3)4)34(46)51-36(5,6)7/h9-14,17-18,29-30H,15-16,20H2,1-8H3,(H,38,43)/t29-,30-/m1/s1. The van der Waals surface area contributed by atoms with Gasteiger partial charge in [0.2, 0.25) is 12.0 Å². The number of anilines is 2. The molecule has 15 heteroatoms. The summed E-state index contributed by atoms with van der Waals surface area (Å²) in [6, 6.07) is 14.9. The number of esters is 1. The summed E-state index contributed by atoms with van der Waals surface area (Å²) in [5.74, 6) is -1.97. The molecule has 0 aliphatic carbocycles. The maximum absolute atomic E-state index is 13.8. The van der Waals surface area contributed by atoms with Gasteiger partial charge in [0.15, 0.2) is 6.10 Å². The molecule has 15 nitrogen and oxygen atoms in total. The first-order chi connectivity index (χ1) is 23.9. The van der Waals surface area contributed by atoms with Gasteiger partial charge in [0.05, 0.1) is 37.4 Å². The van der Waals surface area contributed by atoms with E-state index in [1.165, 1.54) is 30.2 Å². The smallest absolute Gasteiger partial charge is 0.420 e. The van der Waals surface area contributed by atoms with Crippen LogP contribution in [0.1, 0.15) is 59.6 Å². The molecule has 1 N–H and O–H groups in total. The zero-order valence-electron chi connectivity index (χ0n) is 29.8. The first-order valence-electron chi connectivity index (χ1n) is 16.0. The number of rotatable bonds is 8. The molecule has 2 aromatic carbocycles. The van der Waals surface area contributed by atoms with Gasteiger partial charge in [-0.05, 0) is 83.5 Å². The van der Waals surface area contributed by atoms with Crippen molar-refractivity contribution in [3.8, 4) is 11.9 Å². The molecule has 1 aliphatic rings. The molecule has 0 spiro atoms. The van der Waals surface area contributed by atoms with Crippen LogP contribution in [-0.2, 0) is 39.9 Å². The second-order valence-electron chi connectivity index (χ2n) is 13.6. The van der Waals surface area contributed by atoms with Gasteiger partial charge >= 0.3 is 18.2 Å². The van der Waals surface area contributed by atoms with Gasteiger partial charge < -0.3 is 33.9 Å². The lowest BCUT2D eigenvalue weighted by Crippen LogP contribution is -2.56. The highest BCUT2D eigenvalue weighted by atomic mass is 16.6. The lowest BCUT2D eigenvalue weighted by Gasteiger charge is -2.35.